The fraction of sp³-hybridized carbons (Fsp3) is 0.111. The van der Waals surface area contributed by atoms with Gasteiger partial charge in [-0.15, -0.1) is 0 Å². The molecule has 0 atom stereocenters. The highest BCUT2D eigenvalue weighted by Gasteiger charge is 2.11. The first-order valence-electron chi connectivity index (χ1n) is 3.71. The summed E-state index contributed by atoms with van der Waals surface area (Å²) in [5, 5.41) is 17.7. The molecule has 4 nitrogen and oxygen atoms in total. The lowest BCUT2D eigenvalue weighted by Crippen LogP contribution is -2.04. The number of aromatic carboxylic acids is 2. The van der Waals surface area contributed by atoms with Crippen LogP contribution in [0.2, 0.25) is 0 Å². The van der Waals surface area contributed by atoms with E-state index >= 15 is 0 Å². The van der Waals surface area contributed by atoms with Gasteiger partial charge in [-0.25, -0.2) is 9.59 Å². The van der Waals surface area contributed by atoms with Gasteiger partial charge in [-0.05, 0) is 23.8 Å². The molecule has 0 heterocycles. The van der Waals surface area contributed by atoms with Gasteiger partial charge in [0, 0.05) is 5.33 Å². The molecule has 1 aromatic rings. The van der Waals surface area contributed by atoms with Crippen LogP contribution in [0.3, 0.4) is 0 Å². The van der Waals surface area contributed by atoms with Gasteiger partial charge < -0.3 is 10.2 Å². The normalized spacial score (nSPS) is 9.79. The van der Waals surface area contributed by atoms with E-state index in [2.05, 4.69) is 15.9 Å². The molecule has 0 unspecified atom stereocenters. The van der Waals surface area contributed by atoms with Crippen molar-refractivity contribution >= 4 is 27.9 Å². The summed E-state index contributed by atoms with van der Waals surface area (Å²) >= 11 is 3.10. The Morgan fingerprint density at radius 3 is 2.29 bits per heavy atom. The van der Waals surface area contributed by atoms with Crippen LogP contribution in [0.1, 0.15) is 26.3 Å². The highest BCUT2D eigenvalue weighted by Crippen LogP contribution is 2.15. The quantitative estimate of drug-likeness (QED) is 0.814. The molecule has 14 heavy (non-hydrogen) atoms. The number of carbonyl (C=O) groups is 2. The Kier molecular flexibility index (Phi) is 3.24. The van der Waals surface area contributed by atoms with Crippen LogP contribution in [0.5, 0.6) is 0 Å². The molecule has 74 valence electrons. The van der Waals surface area contributed by atoms with Crippen molar-refractivity contribution in [2.24, 2.45) is 0 Å². The van der Waals surface area contributed by atoms with Crippen molar-refractivity contribution in [2.45, 2.75) is 5.33 Å². The molecular weight excluding hydrogens is 252 g/mol. The van der Waals surface area contributed by atoms with E-state index in [-0.39, 0.29) is 11.1 Å². The molecule has 0 aliphatic heterocycles. The average Bonchev–Trinajstić information content (AvgIpc) is 2.16. The van der Waals surface area contributed by atoms with E-state index in [0.29, 0.717) is 10.9 Å². The van der Waals surface area contributed by atoms with Crippen molar-refractivity contribution in [1.82, 2.24) is 0 Å². The van der Waals surface area contributed by atoms with E-state index < -0.39 is 11.9 Å². The zero-order chi connectivity index (χ0) is 10.7. The topological polar surface area (TPSA) is 74.6 Å². The minimum Gasteiger partial charge on any atom is -0.478 e. The first-order valence-corrected chi connectivity index (χ1v) is 4.84. The zero-order valence-corrected chi connectivity index (χ0v) is 8.61. The maximum Gasteiger partial charge on any atom is 0.335 e. The predicted octanol–water partition coefficient (Wildman–Crippen LogP) is 1.98. The smallest absolute Gasteiger partial charge is 0.335 e. The molecule has 1 aromatic carbocycles. The molecular formula is C9H7BrO4. The van der Waals surface area contributed by atoms with Gasteiger partial charge in [-0.1, -0.05) is 15.9 Å². The second-order valence-electron chi connectivity index (χ2n) is 2.62. The predicted molar refractivity (Wildman–Crippen MR) is 53.0 cm³/mol. The summed E-state index contributed by atoms with van der Waals surface area (Å²) < 4.78 is 0. The second-order valence-corrected chi connectivity index (χ2v) is 3.18. The number of rotatable bonds is 3. The Morgan fingerprint density at radius 1 is 1.21 bits per heavy atom. The molecule has 0 amide bonds. The third kappa shape index (κ3) is 2.11. The fourth-order valence-corrected chi connectivity index (χ4v) is 1.51. The van der Waals surface area contributed by atoms with Crippen LogP contribution < -0.4 is 0 Å². The van der Waals surface area contributed by atoms with Gasteiger partial charge in [-0.2, -0.15) is 0 Å². The first kappa shape index (κ1) is 10.7. The number of carboxylic acids is 2. The first-order chi connectivity index (χ1) is 6.56. The minimum absolute atomic E-state index is 0.0875. The molecule has 0 fully saturated rings. The number of halogens is 1. The summed E-state index contributed by atoms with van der Waals surface area (Å²) in [7, 11) is 0. The summed E-state index contributed by atoms with van der Waals surface area (Å²) in [6.07, 6.45) is 0. The van der Waals surface area contributed by atoms with Gasteiger partial charge in [0.1, 0.15) is 0 Å². The Morgan fingerprint density at radius 2 is 1.86 bits per heavy atom. The summed E-state index contributed by atoms with van der Waals surface area (Å²) in [5.41, 5.74) is 0.661. The molecule has 0 aliphatic carbocycles. The molecule has 0 bridgehead atoms. The van der Waals surface area contributed by atoms with Crippen molar-refractivity contribution in [1.29, 1.82) is 0 Å². The molecule has 5 heteroatoms. The third-order valence-electron chi connectivity index (χ3n) is 1.73. The zero-order valence-electron chi connectivity index (χ0n) is 7.03. The number of hydrogen-bond donors (Lipinski definition) is 2. The van der Waals surface area contributed by atoms with Crippen molar-refractivity contribution in [3.63, 3.8) is 0 Å². The van der Waals surface area contributed by atoms with E-state index in [0.717, 1.165) is 0 Å². The standard InChI is InChI=1S/C9H7BrO4/c10-4-6-3-5(8(11)12)1-2-7(6)9(13)14/h1-3H,4H2,(H,11,12)(H,13,14). The van der Waals surface area contributed by atoms with Crippen LogP contribution in [-0.2, 0) is 5.33 Å². The third-order valence-corrected chi connectivity index (χ3v) is 2.33. The van der Waals surface area contributed by atoms with E-state index in [1.54, 1.807) is 0 Å². The van der Waals surface area contributed by atoms with Gasteiger partial charge in [0.2, 0.25) is 0 Å². The van der Waals surface area contributed by atoms with Gasteiger partial charge >= 0.3 is 11.9 Å². The highest BCUT2D eigenvalue weighted by atomic mass is 79.9. The second kappa shape index (κ2) is 4.23. The maximum atomic E-state index is 10.7. The fourth-order valence-electron chi connectivity index (χ4n) is 1.05. The van der Waals surface area contributed by atoms with Crippen LogP contribution in [-0.4, -0.2) is 22.2 Å². The van der Waals surface area contributed by atoms with Crippen molar-refractivity contribution < 1.29 is 19.8 Å². The Bertz CT molecular complexity index is 386. The van der Waals surface area contributed by atoms with Crippen molar-refractivity contribution in [3.8, 4) is 0 Å². The molecule has 0 saturated carbocycles. The molecule has 0 radical (unpaired) electrons. The van der Waals surface area contributed by atoms with Crippen LogP contribution in [0, 0.1) is 0 Å². The Labute approximate surface area is 88.3 Å². The lowest BCUT2D eigenvalue weighted by atomic mass is 10.1. The molecule has 0 spiro atoms. The van der Waals surface area contributed by atoms with Crippen LogP contribution >= 0.6 is 15.9 Å². The minimum atomic E-state index is -1.07. The SMILES string of the molecule is O=C(O)c1ccc(C(=O)O)c(CBr)c1. The van der Waals surface area contributed by atoms with Crippen molar-refractivity contribution in [3.05, 3.63) is 34.9 Å². The van der Waals surface area contributed by atoms with Crippen LogP contribution in [0.15, 0.2) is 18.2 Å². The number of alkyl halides is 1. The van der Waals surface area contributed by atoms with E-state index in [1.165, 1.54) is 18.2 Å². The number of hydrogen-bond acceptors (Lipinski definition) is 2. The Balaban J connectivity index is 3.25. The lowest BCUT2D eigenvalue weighted by molar-refractivity contribution is 0.0680. The number of benzene rings is 1. The lowest BCUT2D eigenvalue weighted by Gasteiger charge is -2.03. The van der Waals surface area contributed by atoms with E-state index in [9.17, 15) is 9.59 Å². The largest absolute Gasteiger partial charge is 0.478 e. The van der Waals surface area contributed by atoms with Gasteiger partial charge in [-0.3, -0.25) is 0 Å². The Hall–Kier alpha value is -1.36. The molecule has 0 saturated heterocycles. The van der Waals surface area contributed by atoms with E-state index in [4.69, 9.17) is 10.2 Å². The number of carboxylic acid groups (broad SMARTS) is 2. The molecule has 0 aromatic heterocycles. The van der Waals surface area contributed by atoms with Gasteiger partial charge in [0.15, 0.2) is 0 Å². The summed E-state index contributed by atoms with van der Waals surface area (Å²) in [6, 6.07) is 3.92. The van der Waals surface area contributed by atoms with E-state index in [1.807, 2.05) is 0 Å². The van der Waals surface area contributed by atoms with Crippen molar-refractivity contribution in [2.75, 3.05) is 0 Å². The molecule has 1 rings (SSSR count). The molecule has 0 aliphatic rings. The maximum absolute atomic E-state index is 10.7. The average molecular weight is 259 g/mol. The van der Waals surface area contributed by atoms with Crippen LogP contribution in [0.4, 0.5) is 0 Å². The van der Waals surface area contributed by atoms with Crippen LogP contribution in [0.25, 0.3) is 0 Å². The van der Waals surface area contributed by atoms with Gasteiger partial charge in [0.25, 0.3) is 0 Å². The van der Waals surface area contributed by atoms with Gasteiger partial charge in [0.05, 0.1) is 11.1 Å². The molecule has 2 N–H and O–H groups in total. The summed E-state index contributed by atoms with van der Waals surface area (Å²) in [4.78, 5) is 21.3. The summed E-state index contributed by atoms with van der Waals surface area (Å²) in [6.45, 7) is 0. The summed E-state index contributed by atoms with van der Waals surface area (Å²) in [5.74, 6) is -2.12. The monoisotopic (exact) mass is 258 g/mol. The highest BCUT2D eigenvalue weighted by molar-refractivity contribution is 9.08.